The number of piperazine rings is 1. The molecular weight excluding hydrogens is 260 g/mol. The van der Waals surface area contributed by atoms with Crippen molar-refractivity contribution in [3.05, 3.63) is 35.9 Å². The number of hydrogen-bond acceptors (Lipinski definition) is 3. The highest BCUT2D eigenvalue weighted by atomic mass is 16.5. The minimum absolute atomic E-state index is 0.557. The van der Waals surface area contributed by atoms with E-state index in [0.29, 0.717) is 12.1 Å². The predicted molar refractivity (Wildman–Crippen MR) is 88.7 cm³/mol. The molecule has 0 aliphatic carbocycles. The molecule has 2 unspecified atom stereocenters. The monoisotopic (exact) mass is 290 g/mol. The van der Waals surface area contributed by atoms with Crippen LogP contribution in [0.5, 0.6) is 0 Å². The van der Waals surface area contributed by atoms with E-state index in [1.165, 1.54) is 12.0 Å². The lowest BCUT2D eigenvalue weighted by atomic mass is 10.0. The van der Waals surface area contributed by atoms with Crippen LogP contribution in [0.25, 0.3) is 0 Å². The summed E-state index contributed by atoms with van der Waals surface area (Å²) in [6.07, 6.45) is 3.43. The first-order chi connectivity index (χ1) is 10.3. The van der Waals surface area contributed by atoms with Gasteiger partial charge in [-0.15, -0.1) is 0 Å². The SMILES string of the molecule is CCCOCCN1CC(Cc2ccccc2)NCC1CC. The normalized spacial score (nSPS) is 23.3. The maximum absolute atomic E-state index is 5.67. The third kappa shape index (κ3) is 5.42. The van der Waals surface area contributed by atoms with E-state index in [-0.39, 0.29) is 0 Å². The quantitative estimate of drug-likeness (QED) is 0.745. The molecule has 118 valence electrons. The maximum Gasteiger partial charge on any atom is 0.0593 e. The van der Waals surface area contributed by atoms with Crippen LogP contribution in [0.3, 0.4) is 0 Å². The second-order valence-electron chi connectivity index (χ2n) is 5.96. The van der Waals surface area contributed by atoms with Crippen molar-refractivity contribution >= 4 is 0 Å². The van der Waals surface area contributed by atoms with Gasteiger partial charge in [0.2, 0.25) is 0 Å². The van der Waals surface area contributed by atoms with Gasteiger partial charge in [-0.2, -0.15) is 0 Å². The molecule has 1 N–H and O–H groups in total. The van der Waals surface area contributed by atoms with E-state index in [4.69, 9.17) is 4.74 Å². The summed E-state index contributed by atoms with van der Waals surface area (Å²) in [5.74, 6) is 0. The minimum Gasteiger partial charge on any atom is -0.380 e. The summed E-state index contributed by atoms with van der Waals surface area (Å²) in [6, 6.07) is 12.0. The van der Waals surface area contributed by atoms with Gasteiger partial charge in [0.1, 0.15) is 0 Å². The highest BCUT2D eigenvalue weighted by Gasteiger charge is 2.26. The topological polar surface area (TPSA) is 24.5 Å². The number of nitrogens with one attached hydrogen (secondary N) is 1. The van der Waals surface area contributed by atoms with Crippen LogP contribution >= 0.6 is 0 Å². The van der Waals surface area contributed by atoms with Crippen molar-refractivity contribution < 1.29 is 4.74 Å². The van der Waals surface area contributed by atoms with Gasteiger partial charge in [0.05, 0.1) is 6.61 Å². The van der Waals surface area contributed by atoms with E-state index >= 15 is 0 Å². The molecule has 2 atom stereocenters. The molecule has 0 amide bonds. The summed E-state index contributed by atoms with van der Waals surface area (Å²) >= 11 is 0. The highest BCUT2D eigenvalue weighted by molar-refractivity contribution is 5.16. The summed E-state index contributed by atoms with van der Waals surface area (Å²) in [6.45, 7) is 9.48. The molecule has 1 aromatic rings. The average Bonchev–Trinajstić information content (AvgIpc) is 2.53. The first kappa shape index (κ1) is 16.5. The molecule has 1 aliphatic rings. The lowest BCUT2D eigenvalue weighted by Gasteiger charge is -2.40. The summed E-state index contributed by atoms with van der Waals surface area (Å²) in [4.78, 5) is 2.61. The Bertz CT molecular complexity index is 382. The molecule has 1 heterocycles. The smallest absolute Gasteiger partial charge is 0.0593 e. The van der Waals surface area contributed by atoms with Crippen LogP contribution in [0, 0.1) is 0 Å². The van der Waals surface area contributed by atoms with Crippen LogP contribution < -0.4 is 5.32 Å². The summed E-state index contributed by atoms with van der Waals surface area (Å²) < 4.78 is 5.67. The Morgan fingerprint density at radius 3 is 2.71 bits per heavy atom. The fourth-order valence-electron chi connectivity index (χ4n) is 3.07. The van der Waals surface area contributed by atoms with Crippen molar-refractivity contribution in [2.75, 3.05) is 32.8 Å². The standard InChI is InChI=1S/C18H30N2O/c1-3-11-21-12-10-20-15-17(19-14-18(20)4-2)13-16-8-6-5-7-9-16/h5-9,17-19H,3-4,10-15H2,1-2H3. The van der Waals surface area contributed by atoms with Gasteiger partial charge in [-0.3, -0.25) is 4.90 Å². The lowest BCUT2D eigenvalue weighted by Crippen LogP contribution is -2.57. The van der Waals surface area contributed by atoms with Gasteiger partial charge in [0.25, 0.3) is 0 Å². The first-order valence-corrected chi connectivity index (χ1v) is 8.42. The van der Waals surface area contributed by atoms with Crippen LogP contribution in [-0.2, 0) is 11.2 Å². The van der Waals surface area contributed by atoms with Gasteiger partial charge >= 0.3 is 0 Å². The molecule has 3 nitrogen and oxygen atoms in total. The van der Waals surface area contributed by atoms with Gasteiger partial charge in [-0.25, -0.2) is 0 Å². The Balaban J connectivity index is 1.82. The van der Waals surface area contributed by atoms with Crippen molar-refractivity contribution in [2.24, 2.45) is 0 Å². The van der Waals surface area contributed by atoms with Crippen LogP contribution in [0.15, 0.2) is 30.3 Å². The highest BCUT2D eigenvalue weighted by Crippen LogP contribution is 2.13. The van der Waals surface area contributed by atoms with Crippen molar-refractivity contribution in [2.45, 2.75) is 45.2 Å². The molecule has 2 rings (SSSR count). The van der Waals surface area contributed by atoms with E-state index in [1.807, 2.05) is 0 Å². The van der Waals surface area contributed by atoms with Crippen LogP contribution in [-0.4, -0.2) is 49.8 Å². The van der Waals surface area contributed by atoms with E-state index in [2.05, 4.69) is 54.4 Å². The molecule has 0 aromatic heterocycles. The maximum atomic E-state index is 5.67. The predicted octanol–water partition coefficient (Wildman–Crippen LogP) is 2.71. The second-order valence-corrected chi connectivity index (χ2v) is 5.96. The number of benzene rings is 1. The third-order valence-electron chi connectivity index (χ3n) is 4.28. The first-order valence-electron chi connectivity index (χ1n) is 8.42. The molecule has 0 radical (unpaired) electrons. The zero-order valence-corrected chi connectivity index (χ0v) is 13.6. The molecule has 1 aliphatic heterocycles. The van der Waals surface area contributed by atoms with Gasteiger partial charge in [0, 0.05) is 38.3 Å². The summed E-state index contributed by atoms with van der Waals surface area (Å²) in [5, 5.41) is 3.72. The lowest BCUT2D eigenvalue weighted by molar-refractivity contribution is 0.0643. The molecular formula is C18H30N2O. The molecule has 3 heteroatoms. The molecule has 0 saturated carbocycles. The molecule has 1 aromatic carbocycles. The fourth-order valence-corrected chi connectivity index (χ4v) is 3.07. The van der Waals surface area contributed by atoms with Crippen LogP contribution in [0.4, 0.5) is 0 Å². The van der Waals surface area contributed by atoms with E-state index in [0.717, 1.165) is 45.7 Å². The van der Waals surface area contributed by atoms with E-state index < -0.39 is 0 Å². The summed E-state index contributed by atoms with van der Waals surface area (Å²) in [7, 11) is 0. The Morgan fingerprint density at radius 2 is 2.00 bits per heavy atom. The second kappa shape index (κ2) is 9.19. The zero-order valence-electron chi connectivity index (χ0n) is 13.6. The molecule has 1 fully saturated rings. The third-order valence-corrected chi connectivity index (χ3v) is 4.28. The van der Waals surface area contributed by atoms with Crippen LogP contribution in [0.2, 0.25) is 0 Å². The Labute approximate surface area is 129 Å². The van der Waals surface area contributed by atoms with E-state index in [9.17, 15) is 0 Å². The van der Waals surface area contributed by atoms with Gasteiger partial charge in [0.15, 0.2) is 0 Å². The van der Waals surface area contributed by atoms with Gasteiger partial charge in [-0.05, 0) is 24.8 Å². The number of hydrogen-bond donors (Lipinski definition) is 1. The van der Waals surface area contributed by atoms with Crippen LogP contribution in [0.1, 0.15) is 32.3 Å². The fraction of sp³-hybridized carbons (Fsp3) is 0.667. The number of nitrogens with zero attached hydrogens (tertiary/aromatic N) is 1. The minimum atomic E-state index is 0.557. The number of ether oxygens (including phenoxy) is 1. The Hall–Kier alpha value is -0.900. The van der Waals surface area contributed by atoms with Gasteiger partial charge < -0.3 is 10.1 Å². The summed E-state index contributed by atoms with van der Waals surface area (Å²) in [5.41, 5.74) is 1.42. The van der Waals surface area contributed by atoms with E-state index in [1.54, 1.807) is 0 Å². The van der Waals surface area contributed by atoms with Crippen molar-refractivity contribution in [1.29, 1.82) is 0 Å². The largest absolute Gasteiger partial charge is 0.380 e. The van der Waals surface area contributed by atoms with Crippen molar-refractivity contribution in [3.8, 4) is 0 Å². The van der Waals surface area contributed by atoms with Crippen molar-refractivity contribution in [3.63, 3.8) is 0 Å². The average molecular weight is 290 g/mol. The Morgan fingerprint density at radius 1 is 1.19 bits per heavy atom. The zero-order chi connectivity index (χ0) is 14.9. The van der Waals surface area contributed by atoms with Gasteiger partial charge in [-0.1, -0.05) is 44.2 Å². The number of rotatable bonds is 8. The molecule has 0 bridgehead atoms. The van der Waals surface area contributed by atoms with Crippen molar-refractivity contribution in [1.82, 2.24) is 10.2 Å². The Kier molecular flexibility index (Phi) is 7.20. The molecule has 1 saturated heterocycles. The molecule has 21 heavy (non-hydrogen) atoms. The molecule has 0 spiro atoms.